The lowest BCUT2D eigenvalue weighted by molar-refractivity contribution is 0.0537. The maximum absolute atomic E-state index is 12.5. The summed E-state index contributed by atoms with van der Waals surface area (Å²) >= 11 is 3.42. The first kappa shape index (κ1) is 12.2. The number of amides is 1. The highest BCUT2D eigenvalue weighted by Crippen LogP contribution is 2.26. The SMILES string of the molecule is O=C(c1cccc(Br)c1)N1CC2CNCC(C2)C1. The van der Waals surface area contributed by atoms with Crippen LogP contribution < -0.4 is 5.32 Å². The van der Waals surface area contributed by atoms with E-state index in [9.17, 15) is 4.79 Å². The molecule has 2 saturated heterocycles. The molecular formula is C14H17BrN2O. The van der Waals surface area contributed by atoms with Crippen molar-refractivity contribution >= 4 is 21.8 Å². The van der Waals surface area contributed by atoms with Gasteiger partial charge in [0.2, 0.25) is 0 Å². The Morgan fingerprint density at radius 3 is 2.67 bits per heavy atom. The average molecular weight is 309 g/mol. The molecule has 4 heteroatoms. The molecule has 3 rings (SSSR count). The molecule has 0 aromatic heterocycles. The summed E-state index contributed by atoms with van der Waals surface area (Å²) in [6.07, 6.45) is 1.27. The summed E-state index contributed by atoms with van der Waals surface area (Å²) in [4.78, 5) is 14.5. The van der Waals surface area contributed by atoms with E-state index in [4.69, 9.17) is 0 Å². The average Bonchev–Trinajstić information content (AvgIpc) is 2.37. The first-order valence-corrected chi connectivity index (χ1v) is 7.27. The van der Waals surface area contributed by atoms with Gasteiger partial charge in [-0.3, -0.25) is 4.79 Å². The van der Waals surface area contributed by atoms with E-state index in [1.165, 1.54) is 6.42 Å². The summed E-state index contributed by atoms with van der Waals surface area (Å²) < 4.78 is 0.965. The number of carbonyl (C=O) groups is 1. The molecular weight excluding hydrogens is 292 g/mol. The van der Waals surface area contributed by atoms with Crippen LogP contribution in [-0.4, -0.2) is 37.0 Å². The summed E-state index contributed by atoms with van der Waals surface area (Å²) in [7, 11) is 0. The molecule has 1 amide bonds. The number of likely N-dealkylation sites (tertiary alicyclic amines) is 1. The Balaban J connectivity index is 1.76. The zero-order valence-corrected chi connectivity index (χ0v) is 11.8. The van der Waals surface area contributed by atoms with Crippen LogP contribution in [0, 0.1) is 11.8 Å². The van der Waals surface area contributed by atoms with E-state index in [2.05, 4.69) is 21.2 Å². The van der Waals surface area contributed by atoms with Gasteiger partial charge < -0.3 is 10.2 Å². The fourth-order valence-electron chi connectivity index (χ4n) is 3.08. The summed E-state index contributed by atoms with van der Waals surface area (Å²) in [6, 6.07) is 7.68. The van der Waals surface area contributed by atoms with Crippen molar-refractivity contribution < 1.29 is 4.79 Å². The topological polar surface area (TPSA) is 32.3 Å². The third-order valence-corrected chi connectivity index (χ3v) is 4.34. The maximum atomic E-state index is 12.5. The number of rotatable bonds is 1. The molecule has 3 nitrogen and oxygen atoms in total. The number of piperidine rings is 2. The standard InChI is InChI=1S/C14H17BrN2O/c15-13-3-1-2-12(5-13)14(18)17-8-10-4-11(9-17)7-16-6-10/h1-3,5,10-11,16H,4,6-9H2. The molecule has 2 fully saturated rings. The van der Waals surface area contributed by atoms with Crippen molar-refractivity contribution in [2.45, 2.75) is 6.42 Å². The zero-order chi connectivity index (χ0) is 12.5. The Hall–Kier alpha value is -0.870. The van der Waals surface area contributed by atoms with Crippen LogP contribution >= 0.6 is 15.9 Å². The number of carbonyl (C=O) groups excluding carboxylic acids is 1. The van der Waals surface area contributed by atoms with Crippen molar-refractivity contribution in [1.29, 1.82) is 0 Å². The highest BCUT2D eigenvalue weighted by atomic mass is 79.9. The van der Waals surface area contributed by atoms with Gasteiger partial charge in [0.15, 0.2) is 0 Å². The number of halogens is 1. The van der Waals surface area contributed by atoms with Gasteiger partial charge >= 0.3 is 0 Å². The van der Waals surface area contributed by atoms with E-state index in [0.29, 0.717) is 11.8 Å². The Labute approximate surface area is 116 Å². The first-order chi connectivity index (χ1) is 8.72. The van der Waals surface area contributed by atoms with Crippen LogP contribution in [0.5, 0.6) is 0 Å². The molecule has 0 radical (unpaired) electrons. The van der Waals surface area contributed by atoms with Gasteiger partial charge in [0.1, 0.15) is 0 Å². The molecule has 2 bridgehead atoms. The molecule has 1 aromatic carbocycles. The lowest BCUT2D eigenvalue weighted by atomic mass is 9.85. The zero-order valence-electron chi connectivity index (χ0n) is 10.2. The van der Waals surface area contributed by atoms with E-state index in [-0.39, 0.29) is 5.91 Å². The molecule has 2 unspecified atom stereocenters. The Morgan fingerprint density at radius 1 is 1.28 bits per heavy atom. The molecule has 0 aliphatic carbocycles. The van der Waals surface area contributed by atoms with Crippen molar-refractivity contribution in [3.8, 4) is 0 Å². The molecule has 96 valence electrons. The monoisotopic (exact) mass is 308 g/mol. The number of hydrogen-bond donors (Lipinski definition) is 1. The van der Waals surface area contributed by atoms with Crippen molar-refractivity contribution in [3.63, 3.8) is 0 Å². The van der Waals surface area contributed by atoms with Gasteiger partial charge in [-0.1, -0.05) is 22.0 Å². The Bertz CT molecular complexity index is 451. The molecule has 18 heavy (non-hydrogen) atoms. The number of fused-ring (bicyclic) bond motifs is 2. The lowest BCUT2D eigenvalue weighted by Gasteiger charge is -2.41. The fraction of sp³-hybridized carbons (Fsp3) is 0.500. The van der Waals surface area contributed by atoms with Crippen LogP contribution in [0.2, 0.25) is 0 Å². The minimum absolute atomic E-state index is 0.174. The number of benzene rings is 1. The number of nitrogens with one attached hydrogen (secondary N) is 1. The third kappa shape index (κ3) is 2.45. The molecule has 0 saturated carbocycles. The smallest absolute Gasteiger partial charge is 0.253 e. The van der Waals surface area contributed by atoms with Crippen molar-refractivity contribution in [2.75, 3.05) is 26.2 Å². The summed E-state index contributed by atoms with van der Waals surface area (Å²) in [5, 5.41) is 3.45. The van der Waals surface area contributed by atoms with Gasteiger partial charge in [-0.2, -0.15) is 0 Å². The van der Waals surface area contributed by atoms with Gasteiger partial charge in [0.05, 0.1) is 0 Å². The summed E-state index contributed by atoms with van der Waals surface area (Å²) in [6.45, 7) is 3.90. The van der Waals surface area contributed by atoms with Crippen molar-refractivity contribution in [2.24, 2.45) is 11.8 Å². The largest absolute Gasteiger partial charge is 0.338 e. The maximum Gasteiger partial charge on any atom is 0.253 e. The third-order valence-electron chi connectivity index (χ3n) is 3.85. The van der Waals surface area contributed by atoms with Crippen LogP contribution in [-0.2, 0) is 0 Å². The second-order valence-corrected chi connectivity index (χ2v) is 6.26. The minimum atomic E-state index is 0.174. The lowest BCUT2D eigenvalue weighted by Crippen LogP contribution is -2.52. The van der Waals surface area contributed by atoms with Crippen LogP contribution in [0.25, 0.3) is 0 Å². The van der Waals surface area contributed by atoms with E-state index in [1.54, 1.807) is 0 Å². The molecule has 1 N–H and O–H groups in total. The molecule has 2 aliphatic rings. The van der Waals surface area contributed by atoms with E-state index in [0.717, 1.165) is 36.2 Å². The van der Waals surface area contributed by atoms with Crippen LogP contribution in [0.15, 0.2) is 28.7 Å². The van der Waals surface area contributed by atoms with Gasteiger partial charge in [0.25, 0.3) is 5.91 Å². The van der Waals surface area contributed by atoms with E-state index >= 15 is 0 Å². The Kier molecular flexibility index (Phi) is 3.39. The van der Waals surface area contributed by atoms with Gasteiger partial charge in [0, 0.05) is 23.1 Å². The molecule has 2 atom stereocenters. The van der Waals surface area contributed by atoms with Gasteiger partial charge in [-0.05, 0) is 49.5 Å². The van der Waals surface area contributed by atoms with Gasteiger partial charge in [-0.15, -0.1) is 0 Å². The van der Waals surface area contributed by atoms with Crippen molar-refractivity contribution in [3.05, 3.63) is 34.3 Å². The molecule has 1 aromatic rings. The van der Waals surface area contributed by atoms with Crippen LogP contribution in [0.4, 0.5) is 0 Å². The summed E-state index contributed by atoms with van der Waals surface area (Å²) in [5.74, 6) is 1.44. The quantitative estimate of drug-likeness (QED) is 0.862. The normalized spacial score (nSPS) is 27.1. The second-order valence-electron chi connectivity index (χ2n) is 5.35. The highest BCUT2D eigenvalue weighted by molar-refractivity contribution is 9.10. The predicted octanol–water partition coefficient (Wildman–Crippen LogP) is 2.13. The minimum Gasteiger partial charge on any atom is -0.338 e. The predicted molar refractivity (Wildman–Crippen MR) is 74.5 cm³/mol. The number of hydrogen-bond acceptors (Lipinski definition) is 2. The van der Waals surface area contributed by atoms with Gasteiger partial charge in [-0.25, -0.2) is 0 Å². The molecule has 2 heterocycles. The van der Waals surface area contributed by atoms with Crippen molar-refractivity contribution in [1.82, 2.24) is 10.2 Å². The fourth-order valence-corrected chi connectivity index (χ4v) is 3.47. The first-order valence-electron chi connectivity index (χ1n) is 6.48. The van der Waals surface area contributed by atoms with E-state index < -0.39 is 0 Å². The van der Waals surface area contributed by atoms with E-state index in [1.807, 2.05) is 29.2 Å². The molecule has 2 aliphatic heterocycles. The summed E-state index contributed by atoms with van der Waals surface area (Å²) in [5.41, 5.74) is 0.789. The molecule has 0 spiro atoms. The van der Waals surface area contributed by atoms with Crippen LogP contribution in [0.1, 0.15) is 16.8 Å². The Morgan fingerprint density at radius 2 is 2.00 bits per heavy atom. The number of nitrogens with zero attached hydrogens (tertiary/aromatic N) is 1. The second kappa shape index (κ2) is 5.02. The van der Waals surface area contributed by atoms with Crippen LogP contribution in [0.3, 0.4) is 0 Å². The highest BCUT2D eigenvalue weighted by Gasteiger charge is 2.32.